The van der Waals surface area contributed by atoms with Crippen molar-refractivity contribution >= 4 is 18.4 Å². The summed E-state index contributed by atoms with van der Waals surface area (Å²) in [5.41, 5.74) is 1.28. The number of carbonyl (C=O) groups is 1. The van der Waals surface area contributed by atoms with E-state index in [0.717, 1.165) is 5.56 Å². The number of hydrogen-bond donors (Lipinski definition) is 2. The molecule has 3 heteroatoms. The number of carbonyl (C=O) groups excluding carboxylic acids is 1. The van der Waals surface area contributed by atoms with E-state index in [1.165, 1.54) is 0 Å². The van der Waals surface area contributed by atoms with Crippen molar-refractivity contribution in [3.63, 3.8) is 0 Å². The van der Waals surface area contributed by atoms with Crippen molar-refractivity contribution < 1.29 is 9.90 Å². The van der Waals surface area contributed by atoms with Crippen molar-refractivity contribution in [1.82, 2.24) is 0 Å². The molecule has 0 unspecified atom stereocenters. The molecule has 0 atom stereocenters. The van der Waals surface area contributed by atoms with Crippen LogP contribution in [-0.4, -0.2) is 16.6 Å². The summed E-state index contributed by atoms with van der Waals surface area (Å²) >= 11 is 3.84. The fraction of sp³-hybridized carbons (Fsp3) is 0.364. The third-order valence-corrected chi connectivity index (χ3v) is 1.88. The van der Waals surface area contributed by atoms with Gasteiger partial charge in [-0.15, -0.1) is 0 Å². The SMILES string of the molecule is CC.Cc1ccc(C(=O)CS)c(O)c1. The number of ketones is 1. The number of Topliss-reactive ketones (excluding diaryl/α,β-unsaturated/α-hetero) is 1. The van der Waals surface area contributed by atoms with E-state index in [9.17, 15) is 9.90 Å². The largest absolute Gasteiger partial charge is 0.507 e. The maximum absolute atomic E-state index is 11.1. The number of benzene rings is 1. The minimum absolute atomic E-state index is 0.0362. The first-order chi connectivity index (χ1) is 6.65. The van der Waals surface area contributed by atoms with Crippen LogP contribution >= 0.6 is 12.6 Å². The Morgan fingerprint density at radius 3 is 2.43 bits per heavy atom. The Kier molecular flexibility index (Phi) is 6.04. The highest BCUT2D eigenvalue weighted by molar-refractivity contribution is 7.81. The van der Waals surface area contributed by atoms with Gasteiger partial charge in [-0.25, -0.2) is 0 Å². The first kappa shape index (κ1) is 13.0. The van der Waals surface area contributed by atoms with Crippen LogP contribution in [0, 0.1) is 6.92 Å². The molecule has 0 aliphatic carbocycles. The number of rotatable bonds is 2. The summed E-state index contributed by atoms with van der Waals surface area (Å²) in [5, 5.41) is 9.34. The molecule has 0 amide bonds. The first-order valence-electron chi connectivity index (χ1n) is 4.59. The Labute approximate surface area is 90.4 Å². The molecular formula is C11H16O2S. The van der Waals surface area contributed by atoms with Gasteiger partial charge < -0.3 is 5.11 Å². The topological polar surface area (TPSA) is 37.3 Å². The normalized spacial score (nSPS) is 8.86. The molecule has 0 fully saturated rings. The quantitative estimate of drug-likeness (QED) is 0.584. The predicted octanol–water partition coefficient (Wildman–Crippen LogP) is 2.84. The number of hydrogen-bond acceptors (Lipinski definition) is 3. The molecule has 14 heavy (non-hydrogen) atoms. The summed E-state index contributed by atoms with van der Waals surface area (Å²) in [6.07, 6.45) is 0. The Balaban J connectivity index is 0.000000791. The van der Waals surface area contributed by atoms with E-state index in [2.05, 4.69) is 12.6 Å². The minimum Gasteiger partial charge on any atom is -0.507 e. The summed E-state index contributed by atoms with van der Waals surface area (Å²) in [4.78, 5) is 11.1. The lowest BCUT2D eigenvalue weighted by atomic mass is 10.1. The van der Waals surface area contributed by atoms with Gasteiger partial charge in [0.2, 0.25) is 0 Å². The summed E-state index contributed by atoms with van der Waals surface area (Å²) in [6, 6.07) is 4.97. The number of aryl methyl sites for hydroxylation is 1. The molecule has 0 saturated heterocycles. The number of phenolic OH excluding ortho intramolecular Hbond substituents is 1. The minimum atomic E-state index is -0.157. The smallest absolute Gasteiger partial charge is 0.176 e. The second kappa shape index (κ2) is 6.49. The van der Waals surface area contributed by atoms with Gasteiger partial charge in [0.05, 0.1) is 11.3 Å². The maximum Gasteiger partial charge on any atom is 0.176 e. The predicted molar refractivity (Wildman–Crippen MR) is 62.4 cm³/mol. The lowest BCUT2D eigenvalue weighted by molar-refractivity contribution is 0.102. The van der Waals surface area contributed by atoms with E-state index < -0.39 is 0 Å². The molecule has 1 aromatic carbocycles. The van der Waals surface area contributed by atoms with Crippen molar-refractivity contribution in [2.75, 3.05) is 5.75 Å². The van der Waals surface area contributed by atoms with E-state index in [4.69, 9.17) is 0 Å². The molecule has 0 radical (unpaired) electrons. The van der Waals surface area contributed by atoms with E-state index >= 15 is 0 Å². The second-order valence-corrected chi connectivity index (χ2v) is 2.92. The van der Waals surface area contributed by atoms with Gasteiger partial charge in [0.1, 0.15) is 5.75 Å². The average molecular weight is 212 g/mol. The highest BCUT2D eigenvalue weighted by Gasteiger charge is 2.08. The van der Waals surface area contributed by atoms with Gasteiger partial charge in [-0.2, -0.15) is 12.6 Å². The van der Waals surface area contributed by atoms with E-state index in [0.29, 0.717) is 5.56 Å². The Morgan fingerprint density at radius 2 is 2.00 bits per heavy atom. The molecule has 1 aromatic rings. The lowest BCUT2D eigenvalue weighted by Crippen LogP contribution is -2.00. The van der Waals surface area contributed by atoms with Gasteiger partial charge in [-0.05, 0) is 24.6 Å². The third-order valence-electron chi connectivity index (χ3n) is 1.60. The molecule has 0 heterocycles. The van der Waals surface area contributed by atoms with Gasteiger partial charge in [-0.3, -0.25) is 4.79 Å². The van der Waals surface area contributed by atoms with Gasteiger partial charge >= 0.3 is 0 Å². The number of thiol groups is 1. The van der Waals surface area contributed by atoms with Crippen molar-refractivity contribution in [3.8, 4) is 5.75 Å². The van der Waals surface area contributed by atoms with Crippen LogP contribution in [0.3, 0.4) is 0 Å². The number of aromatic hydroxyl groups is 1. The molecule has 2 nitrogen and oxygen atoms in total. The zero-order valence-electron chi connectivity index (χ0n) is 8.74. The molecule has 0 spiro atoms. The molecule has 0 aliphatic heterocycles. The highest BCUT2D eigenvalue weighted by Crippen LogP contribution is 2.18. The van der Waals surface area contributed by atoms with E-state index in [1.807, 2.05) is 20.8 Å². The van der Waals surface area contributed by atoms with E-state index in [1.54, 1.807) is 18.2 Å². The molecule has 0 aromatic heterocycles. The van der Waals surface area contributed by atoms with Crippen LogP contribution in [0.2, 0.25) is 0 Å². The van der Waals surface area contributed by atoms with Gasteiger partial charge in [-0.1, -0.05) is 19.9 Å². The van der Waals surface area contributed by atoms with E-state index in [-0.39, 0.29) is 17.3 Å². The zero-order chi connectivity index (χ0) is 11.1. The van der Waals surface area contributed by atoms with Crippen LogP contribution < -0.4 is 0 Å². The molecule has 0 aliphatic rings. The molecule has 0 bridgehead atoms. The molecule has 78 valence electrons. The molecule has 1 N–H and O–H groups in total. The fourth-order valence-corrected chi connectivity index (χ4v) is 1.13. The van der Waals surface area contributed by atoms with Gasteiger partial charge in [0.25, 0.3) is 0 Å². The molecule has 1 rings (SSSR count). The second-order valence-electron chi connectivity index (χ2n) is 2.60. The summed E-state index contributed by atoms with van der Waals surface area (Å²) in [5.74, 6) is 0.00117. The first-order valence-corrected chi connectivity index (χ1v) is 5.22. The summed E-state index contributed by atoms with van der Waals surface area (Å²) < 4.78 is 0. The molecular weight excluding hydrogens is 196 g/mol. The van der Waals surface area contributed by atoms with Crippen LogP contribution in [0.4, 0.5) is 0 Å². The average Bonchev–Trinajstić information content (AvgIpc) is 2.20. The Hall–Kier alpha value is -0.960. The Morgan fingerprint density at radius 1 is 1.43 bits per heavy atom. The number of phenols is 1. The van der Waals surface area contributed by atoms with Crippen LogP contribution in [-0.2, 0) is 0 Å². The van der Waals surface area contributed by atoms with Crippen molar-refractivity contribution in [1.29, 1.82) is 0 Å². The Bertz CT molecular complexity index is 308. The van der Waals surface area contributed by atoms with Crippen LogP contribution in [0.25, 0.3) is 0 Å². The van der Waals surface area contributed by atoms with Crippen LogP contribution in [0.1, 0.15) is 29.8 Å². The van der Waals surface area contributed by atoms with Crippen molar-refractivity contribution in [2.45, 2.75) is 20.8 Å². The summed E-state index contributed by atoms with van der Waals surface area (Å²) in [7, 11) is 0. The van der Waals surface area contributed by atoms with Gasteiger partial charge in [0, 0.05) is 0 Å². The molecule has 0 saturated carbocycles. The highest BCUT2D eigenvalue weighted by atomic mass is 32.1. The summed E-state index contributed by atoms with van der Waals surface area (Å²) in [6.45, 7) is 5.86. The van der Waals surface area contributed by atoms with Crippen molar-refractivity contribution in [3.05, 3.63) is 29.3 Å². The van der Waals surface area contributed by atoms with Crippen molar-refractivity contribution in [2.24, 2.45) is 0 Å². The standard InChI is InChI=1S/C9H10O2S.C2H6/c1-6-2-3-7(8(10)4-6)9(11)5-12;1-2/h2-4,10,12H,5H2,1H3;1-2H3. The third kappa shape index (κ3) is 3.42. The monoisotopic (exact) mass is 212 g/mol. The van der Waals surface area contributed by atoms with Crippen LogP contribution in [0.5, 0.6) is 5.75 Å². The van der Waals surface area contributed by atoms with Gasteiger partial charge in [0.15, 0.2) is 5.78 Å². The fourth-order valence-electron chi connectivity index (χ4n) is 0.963. The van der Waals surface area contributed by atoms with Crippen LogP contribution in [0.15, 0.2) is 18.2 Å². The maximum atomic E-state index is 11.1. The lowest BCUT2D eigenvalue weighted by Gasteiger charge is -2.01. The zero-order valence-corrected chi connectivity index (χ0v) is 9.64.